The Morgan fingerprint density at radius 2 is 0.911 bits per heavy atom. The lowest BCUT2D eigenvalue weighted by Gasteiger charge is -1.98. The van der Waals surface area contributed by atoms with Crippen LogP contribution in [-0.2, 0) is 49.2 Å². The zero-order chi connectivity index (χ0) is 35.8. The third-order valence-electron chi connectivity index (χ3n) is 4.43. The van der Waals surface area contributed by atoms with E-state index in [4.69, 9.17) is 0 Å². The van der Waals surface area contributed by atoms with Crippen molar-refractivity contribution in [1.29, 1.82) is 0 Å². The molecule has 0 radical (unpaired) electrons. The summed E-state index contributed by atoms with van der Waals surface area (Å²) < 4.78 is 107. The summed E-state index contributed by atoms with van der Waals surface area (Å²) in [6, 6.07) is 16.6. The smallest absolute Gasteiger partial charge is 0.199 e. The van der Waals surface area contributed by atoms with Gasteiger partial charge in [0.05, 0.1) is 27.0 Å². The van der Waals surface area contributed by atoms with Crippen LogP contribution in [0.4, 0.5) is 0 Å². The number of hydrogen-bond donors (Lipinski definition) is 0. The van der Waals surface area contributed by atoms with Crippen LogP contribution in [0.3, 0.4) is 0 Å². The first kappa shape index (κ1) is 46.1. The molecule has 0 aromatic heterocycles. The molecule has 0 aliphatic rings. The molecule has 0 bridgehead atoms. The first-order valence-corrected chi connectivity index (χ1v) is 21.2. The lowest BCUT2D eigenvalue weighted by molar-refractivity contribution is 0.597. The molecule has 0 unspecified atom stereocenters. The van der Waals surface area contributed by atoms with Crippen LogP contribution in [0.1, 0.15) is 6.92 Å². The predicted molar refractivity (Wildman–Crippen MR) is 186 cm³/mol. The highest BCUT2D eigenvalue weighted by atomic mass is 32.2. The molecule has 0 saturated heterocycles. The minimum absolute atomic E-state index is 0.00296. The van der Waals surface area contributed by atoms with Crippen LogP contribution in [-0.4, -0.2) is 71.4 Å². The Morgan fingerprint density at radius 1 is 0.533 bits per heavy atom. The van der Waals surface area contributed by atoms with Crippen LogP contribution in [0.2, 0.25) is 0 Å². The average Bonchev–Trinajstić information content (AvgIpc) is 2.99. The van der Waals surface area contributed by atoms with Crippen molar-refractivity contribution in [3.05, 3.63) is 135 Å². The standard InChI is InChI=1S/C9H10O2S.C8H8O2S.C5H10O2S.C4H8O2S.C4H6O2S/c1-2-8-12(10,11)9-6-4-3-5-7-9;1-2-11(9,10)8-6-4-3-5-7-8;1-3-5-8(6,7)4-2;1-3-4-7(2,5)6;1-3-7(5,6)4-2/h2-7H,1,8H2;2-7H,1H2;3H,1,4-5H2,2H3;3H,1,4H2,2H3;3-4H,1-2H2. The summed E-state index contributed by atoms with van der Waals surface area (Å²) >= 11 is 0. The molecule has 2 aromatic rings. The van der Waals surface area contributed by atoms with Crippen LogP contribution in [0, 0.1) is 0 Å². The Labute approximate surface area is 270 Å². The van der Waals surface area contributed by atoms with Gasteiger partial charge in [0.1, 0.15) is 0 Å². The maximum absolute atomic E-state index is 11.4. The van der Waals surface area contributed by atoms with Gasteiger partial charge in [0.15, 0.2) is 49.2 Å². The number of hydrogen-bond acceptors (Lipinski definition) is 10. The van der Waals surface area contributed by atoms with Crippen molar-refractivity contribution in [2.75, 3.05) is 29.3 Å². The van der Waals surface area contributed by atoms with Gasteiger partial charge < -0.3 is 0 Å². The maximum atomic E-state index is 11.4. The van der Waals surface area contributed by atoms with Crippen LogP contribution in [0.15, 0.2) is 144 Å². The first-order valence-electron chi connectivity index (χ1n) is 12.5. The van der Waals surface area contributed by atoms with Gasteiger partial charge >= 0.3 is 0 Å². The van der Waals surface area contributed by atoms with Gasteiger partial charge in [-0.25, -0.2) is 42.1 Å². The zero-order valence-corrected chi connectivity index (χ0v) is 29.5. The van der Waals surface area contributed by atoms with Crippen molar-refractivity contribution in [2.24, 2.45) is 0 Å². The Hall–Kier alpha value is -3.37. The van der Waals surface area contributed by atoms with Crippen molar-refractivity contribution in [3.63, 3.8) is 0 Å². The fourth-order valence-electron chi connectivity index (χ4n) is 2.17. The topological polar surface area (TPSA) is 171 Å². The Bertz CT molecular complexity index is 1740. The van der Waals surface area contributed by atoms with Crippen molar-refractivity contribution in [2.45, 2.75) is 16.7 Å². The highest BCUT2D eigenvalue weighted by Gasteiger charge is 2.10. The third kappa shape index (κ3) is 25.6. The summed E-state index contributed by atoms with van der Waals surface area (Å²) in [6.07, 6.45) is 5.34. The highest BCUT2D eigenvalue weighted by molar-refractivity contribution is 7.97. The van der Waals surface area contributed by atoms with E-state index in [2.05, 4.69) is 39.5 Å². The number of sulfone groups is 5. The molecule has 0 saturated carbocycles. The van der Waals surface area contributed by atoms with Gasteiger partial charge in [-0.2, -0.15) is 0 Å². The molecule has 2 aromatic carbocycles. The summed E-state index contributed by atoms with van der Waals surface area (Å²) in [7, 11) is -15.1. The summed E-state index contributed by atoms with van der Waals surface area (Å²) in [5, 5.41) is 2.64. The summed E-state index contributed by atoms with van der Waals surface area (Å²) in [6.45, 7) is 20.9. The normalized spacial score (nSPS) is 10.9. The van der Waals surface area contributed by atoms with E-state index in [9.17, 15) is 42.1 Å². The molecule has 10 nitrogen and oxygen atoms in total. The van der Waals surface area contributed by atoms with E-state index in [0.29, 0.717) is 4.90 Å². The molecule has 0 aliphatic heterocycles. The minimum Gasteiger partial charge on any atom is -0.229 e. The Morgan fingerprint density at radius 3 is 1.13 bits per heavy atom. The van der Waals surface area contributed by atoms with Crippen molar-refractivity contribution >= 4 is 49.2 Å². The minimum atomic E-state index is -3.23. The van der Waals surface area contributed by atoms with Gasteiger partial charge in [-0.1, -0.05) is 81.3 Å². The van der Waals surface area contributed by atoms with Gasteiger partial charge in [0, 0.05) is 28.2 Å². The third-order valence-corrected chi connectivity index (χ3v) is 10.9. The van der Waals surface area contributed by atoms with Crippen LogP contribution >= 0.6 is 0 Å². The van der Waals surface area contributed by atoms with Gasteiger partial charge in [0.25, 0.3) is 0 Å². The van der Waals surface area contributed by atoms with Gasteiger partial charge in [-0.15, -0.1) is 19.7 Å². The molecule has 0 spiro atoms. The zero-order valence-electron chi connectivity index (χ0n) is 25.4. The number of benzene rings is 2. The van der Waals surface area contributed by atoms with Crippen LogP contribution in [0.25, 0.3) is 0 Å². The molecule has 45 heavy (non-hydrogen) atoms. The monoisotopic (exact) mass is 722 g/mol. The molecule has 0 amide bonds. The fourth-order valence-corrected chi connectivity index (χ4v) is 5.13. The molecule has 0 atom stereocenters. The van der Waals surface area contributed by atoms with E-state index in [-0.39, 0.29) is 27.9 Å². The average molecular weight is 723 g/mol. The maximum Gasteiger partial charge on any atom is 0.199 e. The van der Waals surface area contributed by atoms with E-state index in [0.717, 1.165) is 16.2 Å². The largest absolute Gasteiger partial charge is 0.229 e. The lowest BCUT2D eigenvalue weighted by atomic mass is 10.4. The quantitative estimate of drug-likeness (QED) is 0.278. The molecule has 0 N–H and O–H groups in total. The molecular formula is C30H42O10S5. The van der Waals surface area contributed by atoms with Crippen molar-refractivity contribution in [1.82, 2.24) is 0 Å². The fraction of sp³-hybridized carbons (Fsp3) is 0.200. The molecule has 0 aliphatic carbocycles. The molecule has 0 heterocycles. The first-order chi connectivity index (χ1) is 20.6. The van der Waals surface area contributed by atoms with Crippen molar-refractivity contribution in [3.8, 4) is 0 Å². The summed E-state index contributed by atoms with van der Waals surface area (Å²) in [5.41, 5.74) is 0. The molecule has 252 valence electrons. The summed E-state index contributed by atoms with van der Waals surface area (Å²) in [4.78, 5) is 0.639. The highest BCUT2D eigenvalue weighted by Crippen LogP contribution is 2.10. The molecule has 0 fully saturated rings. The molecule has 2 rings (SSSR count). The summed E-state index contributed by atoms with van der Waals surface area (Å²) in [5.74, 6) is 0.381. The van der Waals surface area contributed by atoms with Gasteiger partial charge in [-0.05, 0) is 24.3 Å². The van der Waals surface area contributed by atoms with E-state index in [1.54, 1.807) is 55.5 Å². The van der Waals surface area contributed by atoms with E-state index < -0.39 is 49.2 Å². The van der Waals surface area contributed by atoms with E-state index in [1.165, 1.54) is 36.6 Å². The van der Waals surface area contributed by atoms with E-state index >= 15 is 0 Å². The Kier molecular flexibility index (Phi) is 23.6. The second-order valence-corrected chi connectivity index (χ2v) is 18.6. The SMILES string of the molecule is C=CCS(=O)(=O)CC.C=CCS(=O)(=O)c1ccccc1.C=CCS(C)(=O)=O.C=CS(=O)(=O)C=C.C=CS(=O)(=O)c1ccccc1. The van der Waals surface area contributed by atoms with Crippen molar-refractivity contribution < 1.29 is 42.1 Å². The molecule has 15 heteroatoms. The van der Waals surface area contributed by atoms with Gasteiger partial charge in [-0.3, -0.25) is 0 Å². The number of rotatable bonds is 12. The molecular weight excluding hydrogens is 681 g/mol. The van der Waals surface area contributed by atoms with E-state index in [1.807, 2.05) is 0 Å². The predicted octanol–water partition coefficient (Wildman–Crippen LogP) is 4.76. The van der Waals surface area contributed by atoms with Gasteiger partial charge in [0.2, 0.25) is 0 Å². The second-order valence-electron chi connectivity index (χ2n) is 8.20. The van der Waals surface area contributed by atoms with Crippen LogP contribution in [0.5, 0.6) is 0 Å². The van der Waals surface area contributed by atoms with Crippen LogP contribution < -0.4 is 0 Å². The second kappa shape index (κ2) is 23.0. The lowest BCUT2D eigenvalue weighted by Crippen LogP contribution is -2.05. The Balaban J connectivity index is -0.000000501.